The zero-order valence-electron chi connectivity index (χ0n) is 16.1. The van der Waals surface area contributed by atoms with Crippen LogP contribution in [0.4, 0.5) is 11.4 Å². The highest BCUT2D eigenvalue weighted by Crippen LogP contribution is 2.26. The number of hydrogen-bond donors (Lipinski definition) is 1. The SMILES string of the molecule is COC(=O)c1cc(N2CCOCC2)ccc1NC(=O)CSc1ccccc1C. The van der Waals surface area contributed by atoms with Crippen molar-refractivity contribution in [2.75, 3.05) is 49.4 Å². The van der Waals surface area contributed by atoms with E-state index in [9.17, 15) is 9.59 Å². The normalized spacial score (nSPS) is 13.9. The lowest BCUT2D eigenvalue weighted by Gasteiger charge is -2.29. The molecule has 0 bridgehead atoms. The summed E-state index contributed by atoms with van der Waals surface area (Å²) in [5, 5.41) is 2.84. The summed E-state index contributed by atoms with van der Waals surface area (Å²) in [6.07, 6.45) is 0. The third-order valence-electron chi connectivity index (χ3n) is 4.51. The fourth-order valence-electron chi connectivity index (χ4n) is 2.99. The Balaban J connectivity index is 1.71. The number of carbonyl (C=O) groups is 2. The van der Waals surface area contributed by atoms with E-state index in [0.29, 0.717) is 24.5 Å². The molecule has 6 nitrogen and oxygen atoms in total. The van der Waals surface area contributed by atoms with E-state index < -0.39 is 5.97 Å². The molecule has 1 aliphatic rings. The van der Waals surface area contributed by atoms with Gasteiger partial charge in [0.25, 0.3) is 0 Å². The number of carbonyl (C=O) groups excluding carboxylic acids is 2. The van der Waals surface area contributed by atoms with Gasteiger partial charge in [-0.3, -0.25) is 4.79 Å². The minimum absolute atomic E-state index is 0.169. The van der Waals surface area contributed by atoms with Crippen LogP contribution in [0.25, 0.3) is 0 Å². The van der Waals surface area contributed by atoms with Crippen molar-refractivity contribution >= 4 is 35.0 Å². The standard InChI is InChI=1S/C21H24N2O4S/c1-15-5-3-4-6-19(15)28-14-20(24)22-18-8-7-16(13-17(18)21(25)26-2)23-9-11-27-12-10-23/h3-8,13H,9-12,14H2,1-2H3,(H,22,24). The van der Waals surface area contributed by atoms with Crippen molar-refractivity contribution in [3.05, 3.63) is 53.6 Å². The van der Waals surface area contributed by atoms with Crippen LogP contribution in [-0.4, -0.2) is 51.0 Å². The van der Waals surface area contributed by atoms with Crippen LogP contribution in [0.15, 0.2) is 47.4 Å². The van der Waals surface area contributed by atoms with E-state index >= 15 is 0 Å². The molecule has 0 aliphatic carbocycles. The van der Waals surface area contributed by atoms with E-state index in [0.717, 1.165) is 29.2 Å². The van der Waals surface area contributed by atoms with E-state index in [1.54, 1.807) is 12.1 Å². The predicted octanol–water partition coefficient (Wildman–Crippen LogP) is 3.35. The van der Waals surface area contributed by atoms with Gasteiger partial charge in [-0.2, -0.15) is 0 Å². The number of ether oxygens (including phenoxy) is 2. The van der Waals surface area contributed by atoms with E-state index in [4.69, 9.17) is 9.47 Å². The van der Waals surface area contributed by atoms with Crippen molar-refractivity contribution in [3.8, 4) is 0 Å². The maximum absolute atomic E-state index is 12.4. The summed E-state index contributed by atoms with van der Waals surface area (Å²) in [5.74, 6) is -0.383. The molecule has 0 atom stereocenters. The second kappa shape index (κ2) is 9.61. The van der Waals surface area contributed by atoms with Crippen LogP contribution in [0.2, 0.25) is 0 Å². The number of benzene rings is 2. The molecule has 0 radical (unpaired) electrons. The highest BCUT2D eigenvalue weighted by molar-refractivity contribution is 8.00. The van der Waals surface area contributed by atoms with Crippen molar-refractivity contribution in [1.29, 1.82) is 0 Å². The summed E-state index contributed by atoms with van der Waals surface area (Å²) >= 11 is 1.47. The van der Waals surface area contributed by atoms with Gasteiger partial charge in [-0.25, -0.2) is 4.79 Å². The molecular formula is C21H24N2O4S. The minimum atomic E-state index is -0.475. The molecule has 3 rings (SSSR count). The topological polar surface area (TPSA) is 67.9 Å². The first-order valence-electron chi connectivity index (χ1n) is 9.12. The van der Waals surface area contributed by atoms with Crippen LogP contribution >= 0.6 is 11.8 Å². The Morgan fingerprint density at radius 2 is 1.93 bits per heavy atom. The van der Waals surface area contributed by atoms with Crippen LogP contribution in [0, 0.1) is 6.92 Å². The molecule has 1 N–H and O–H groups in total. The molecule has 0 aromatic heterocycles. The highest BCUT2D eigenvalue weighted by atomic mass is 32.2. The van der Waals surface area contributed by atoms with Gasteiger partial charge >= 0.3 is 5.97 Å². The lowest BCUT2D eigenvalue weighted by molar-refractivity contribution is -0.113. The first-order valence-corrected chi connectivity index (χ1v) is 10.1. The highest BCUT2D eigenvalue weighted by Gasteiger charge is 2.18. The van der Waals surface area contributed by atoms with Crippen LogP contribution in [0.1, 0.15) is 15.9 Å². The van der Waals surface area contributed by atoms with E-state index in [1.807, 2.05) is 37.3 Å². The van der Waals surface area contributed by atoms with Crippen LogP contribution in [0.5, 0.6) is 0 Å². The number of thioether (sulfide) groups is 1. The average Bonchev–Trinajstić information content (AvgIpc) is 2.73. The second-order valence-electron chi connectivity index (χ2n) is 6.42. The van der Waals surface area contributed by atoms with Gasteiger partial charge < -0.3 is 19.7 Å². The monoisotopic (exact) mass is 400 g/mol. The number of anilines is 2. The Morgan fingerprint density at radius 3 is 2.64 bits per heavy atom. The Hall–Kier alpha value is -2.51. The fraction of sp³-hybridized carbons (Fsp3) is 0.333. The van der Waals surface area contributed by atoms with Gasteiger partial charge in [-0.1, -0.05) is 18.2 Å². The van der Waals surface area contributed by atoms with Crippen LogP contribution in [-0.2, 0) is 14.3 Å². The molecule has 1 fully saturated rings. The molecule has 0 saturated carbocycles. The summed E-state index contributed by atoms with van der Waals surface area (Å²) in [6.45, 7) is 4.85. The maximum atomic E-state index is 12.4. The Morgan fingerprint density at radius 1 is 1.18 bits per heavy atom. The summed E-state index contributed by atoms with van der Waals surface area (Å²) < 4.78 is 10.3. The van der Waals surface area contributed by atoms with Gasteiger partial charge in [-0.05, 0) is 36.8 Å². The number of morpholine rings is 1. The van der Waals surface area contributed by atoms with Gasteiger partial charge in [0.05, 0.1) is 37.3 Å². The number of nitrogens with zero attached hydrogens (tertiary/aromatic N) is 1. The number of amides is 1. The third kappa shape index (κ3) is 5.05. The molecule has 1 heterocycles. The van der Waals surface area contributed by atoms with Crippen molar-refractivity contribution in [3.63, 3.8) is 0 Å². The molecule has 148 valence electrons. The Labute approximate surface area is 169 Å². The molecule has 1 aliphatic heterocycles. The molecule has 2 aromatic rings. The quantitative estimate of drug-likeness (QED) is 0.593. The van der Waals surface area contributed by atoms with Crippen molar-refractivity contribution in [2.24, 2.45) is 0 Å². The minimum Gasteiger partial charge on any atom is -0.465 e. The lowest BCUT2D eigenvalue weighted by atomic mass is 10.1. The predicted molar refractivity (Wildman–Crippen MR) is 111 cm³/mol. The fourth-order valence-corrected chi connectivity index (χ4v) is 3.82. The Kier molecular flexibility index (Phi) is 6.95. The van der Waals surface area contributed by atoms with Gasteiger partial charge in [0.15, 0.2) is 0 Å². The number of methoxy groups -OCH3 is 1. The molecular weight excluding hydrogens is 376 g/mol. The van der Waals surface area contributed by atoms with Gasteiger partial charge in [0.2, 0.25) is 5.91 Å². The number of aryl methyl sites for hydroxylation is 1. The first-order chi connectivity index (χ1) is 13.6. The van der Waals surface area contributed by atoms with E-state index in [1.165, 1.54) is 18.9 Å². The molecule has 1 saturated heterocycles. The first kappa shape index (κ1) is 20.2. The molecule has 1 amide bonds. The summed E-state index contributed by atoms with van der Waals surface area (Å²) in [7, 11) is 1.34. The van der Waals surface area contributed by atoms with Gasteiger partial charge in [-0.15, -0.1) is 11.8 Å². The summed E-state index contributed by atoms with van der Waals surface area (Å²) in [6, 6.07) is 13.4. The zero-order chi connectivity index (χ0) is 19.9. The van der Waals surface area contributed by atoms with Crippen molar-refractivity contribution < 1.29 is 19.1 Å². The number of rotatable bonds is 6. The lowest BCUT2D eigenvalue weighted by Crippen LogP contribution is -2.36. The Bertz CT molecular complexity index is 850. The largest absolute Gasteiger partial charge is 0.465 e. The summed E-state index contributed by atoms with van der Waals surface area (Å²) in [4.78, 5) is 27.9. The summed E-state index contributed by atoms with van der Waals surface area (Å²) in [5.41, 5.74) is 2.85. The molecule has 2 aromatic carbocycles. The number of nitrogens with one attached hydrogen (secondary N) is 1. The molecule has 28 heavy (non-hydrogen) atoms. The van der Waals surface area contributed by atoms with Gasteiger partial charge in [0.1, 0.15) is 0 Å². The smallest absolute Gasteiger partial charge is 0.340 e. The van der Waals surface area contributed by atoms with Crippen molar-refractivity contribution in [1.82, 2.24) is 0 Å². The number of esters is 1. The zero-order valence-corrected chi connectivity index (χ0v) is 16.9. The van der Waals surface area contributed by atoms with Crippen molar-refractivity contribution in [2.45, 2.75) is 11.8 Å². The van der Waals surface area contributed by atoms with Crippen LogP contribution < -0.4 is 10.2 Å². The second-order valence-corrected chi connectivity index (χ2v) is 7.44. The molecule has 0 unspecified atom stereocenters. The maximum Gasteiger partial charge on any atom is 0.340 e. The number of hydrogen-bond acceptors (Lipinski definition) is 6. The third-order valence-corrected chi connectivity index (χ3v) is 5.69. The van der Waals surface area contributed by atoms with E-state index in [-0.39, 0.29) is 11.7 Å². The van der Waals surface area contributed by atoms with Gasteiger partial charge in [0, 0.05) is 23.7 Å². The average molecular weight is 401 g/mol. The molecule has 0 spiro atoms. The van der Waals surface area contributed by atoms with E-state index in [2.05, 4.69) is 10.2 Å². The molecule has 7 heteroatoms. The van der Waals surface area contributed by atoms with Crippen LogP contribution in [0.3, 0.4) is 0 Å².